The van der Waals surface area contributed by atoms with Crippen LogP contribution in [0, 0.1) is 6.92 Å². The molecule has 0 amide bonds. The predicted molar refractivity (Wildman–Crippen MR) is 71.0 cm³/mol. The summed E-state index contributed by atoms with van der Waals surface area (Å²) in [4.78, 5) is 16.2. The Morgan fingerprint density at radius 3 is 2.82 bits per heavy atom. The molecule has 1 aromatic heterocycles. The van der Waals surface area contributed by atoms with E-state index in [9.17, 15) is 4.79 Å². The lowest BCUT2D eigenvalue weighted by molar-refractivity contribution is 0.103. The molecule has 2 rings (SSSR count). The number of aryl methyl sites for hydroxylation is 1. The average molecular weight is 291 g/mol. The Balaban J connectivity index is 2.48. The maximum absolute atomic E-state index is 12.2. The highest BCUT2D eigenvalue weighted by atomic mass is 79.9. The van der Waals surface area contributed by atoms with Crippen molar-refractivity contribution in [3.63, 3.8) is 0 Å². The number of benzene rings is 1. The number of nitrogens with zero attached hydrogens (tertiary/aromatic N) is 1. The Kier molecular flexibility index (Phi) is 3.24. The smallest absolute Gasteiger partial charge is 0.195 e. The second kappa shape index (κ2) is 4.67. The van der Waals surface area contributed by atoms with Crippen LogP contribution in [0.3, 0.4) is 0 Å². The van der Waals surface area contributed by atoms with Gasteiger partial charge in [0.05, 0.1) is 5.69 Å². The van der Waals surface area contributed by atoms with Crippen LogP contribution >= 0.6 is 15.9 Å². The van der Waals surface area contributed by atoms with E-state index in [4.69, 9.17) is 5.73 Å². The molecular formula is C13H11BrN2O. The van der Waals surface area contributed by atoms with Crippen molar-refractivity contribution in [3.8, 4) is 0 Å². The van der Waals surface area contributed by atoms with Crippen LogP contribution in [0.2, 0.25) is 0 Å². The molecule has 2 N–H and O–H groups in total. The molecule has 0 bridgehead atoms. The van der Waals surface area contributed by atoms with Crippen molar-refractivity contribution in [3.05, 3.63) is 57.8 Å². The van der Waals surface area contributed by atoms with Crippen LogP contribution in [0.5, 0.6) is 0 Å². The van der Waals surface area contributed by atoms with Gasteiger partial charge in [0, 0.05) is 17.3 Å². The van der Waals surface area contributed by atoms with Crippen LogP contribution in [0.1, 0.15) is 21.5 Å². The molecule has 86 valence electrons. The van der Waals surface area contributed by atoms with Crippen LogP contribution < -0.4 is 5.73 Å². The molecule has 0 aliphatic rings. The van der Waals surface area contributed by atoms with Gasteiger partial charge in [0.25, 0.3) is 0 Å². The van der Waals surface area contributed by atoms with Crippen LogP contribution in [0.4, 0.5) is 5.69 Å². The van der Waals surface area contributed by atoms with E-state index < -0.39 is 0 Å². The lowest BCUT2D eigenvalue weighted by Gasteiger charge is -2.06. The van der Waals surface area contributed by atoms with E-state index in [2.05, 4.69) is 20.9 Å². The monoisotopic (exact) mass is 290 g/mol. The molecule has 4 heteroatoms. The topological polar surface area (TPSA) is 56.0 Å². The van der Waals surface area contributed by atoms with Gasteiger partial charge in [-0.15, -0.1) is 0 Å². The molecule has 1 heterocycles. The van der Waals surface area contributed by atoms with Gasteiger partial charge in [0.2, 0.25) is 0 Å². The zero-order valence-electron chi connectivity index (χ0n) is 9.27. The second-order valence-electron chi connectivity index (χ2n) is 3.76. The standard InChI is InChI=1S/C13H11BrN2O/c1-8-3-2-4-9(7-8)12(17)10-5-6-16-13(14)11(10)15/h2-7H,15H2,1H3. The molecule has 0 aliphatic heterocycles. The Bertz CT molecular complexity index is 581. The number of nitrogen functional groups attached to an aromatic ring is 1. The SMILES string of the molecule is Cc1cccc(C(=O)c2ccnc(Br)c2N)c1. The summed E-state index contributed by atoms with van der Waals surface area (Å²) in [5.74, 6) is -0.0886. The number of anilines is 1. The van der Waals surface area contributed by atoms with Gasteiger partial charge in [-0.2, -0.15) is 0 Å². The number of nitrogens with two attached hydrogens (primary N) is 1. The van der Waals surface area contributed by atoms with Gasteiger partial charge in [0.1, 0.15) is 4.60 Å². The van der Waals surface area contributed by atoms with E-state index >= 15 is 0 Å². The third-order valence-corrected chi connectivity index (χ3v) is 3.10. The first kappa shape index (κ1) is 11.8. The third-order valence-electron chi connectivity index (χ3n) is 2.47. The van der Waals surface area contributed by atoms with Crippen molar-refractivity contribution in [2.75, 3.05) is 5.73 Å². The minimum absolute atomic E-state index is 0.0886. The van der Waals surface area contributed by atoms with E-state index in [1.807, 2.05) is 25.1 Å². The molecule has 1 aromatic carbocycles. The highest BCUT2D eigenvalue weighted by Gasteiger charge is 2.14. The van der Waals surface area contributed by atoms with Gasteiger partial charge in [-0.3, -0.25) is 4.79 Å². The first-order valence-corrected chi connectivity index (χ1v) is 5.90. The number of hydrogen-bond donors (Lipinski definition) is 1. The summed E-state index contributed by atoms with van der Waals surface area (Å²) in [5, 5.41) is 0. The van der Waals surface area contributed by atoms with E-state index in [1.54, 1.807) is 18.3 Å². The summed E-state index contributed by atoms with van der Waals surface area (Å²) in [6, 6.07) is 9.06. The number of aromatic nitrogens is 1. The second-order valence-corrected chi connectivity index (χ2v) is 4.51. The van der Waals surface area contributed by atoms with E-state index in [1.165, 1.54) is 0 Å². The molecule has 2 aromatic rings. The largest absolute Gasteiger partial charge is 0.396 e. The van der Waals surface area contributed by atoms with Crippen molar-refractivity contribution < 1.29 is 4.79 Å². The molecule has 0 atom stereocenters. The van der Waals surface area contributed by atoms with Gasteiger partial charge in [0.15, 0.2) is 5.78 Å². The number of halogens is 1. The Morgan fingerprint density at radius 1 is 1.35 bits per heavy atom. The Morgan fingerprint density at radius 2 is 2.12 bits per heavy atom. The molecular weight excluding hydrogens is 280 g/mol. The molecule has 0 unspecified atom stereocenters. The fraction of sp³-hybridized carbons (Fsp3) is 0.0769. The molecule has 0 fully saturated rings. The maximum atomic E-state index is 12.2. The maximum Gasteiger partial charge on any atom is 0.195 e. The van der Waals surface area contributed by atoms with Gasteiger partial charge in [-0.25, -0.2) is 4.98 Å². The van der Waals surface area contributed by atoms with Crippen molar-refractivity contribution in [1.29, 1.82) is 0 Å². The predicted octanol–water partition coefficient (Wildman–Crippen LogP) is 2.97. The highest BCUT2D eigenvalue weighted by molar-refractivity contribution is 9.10. The first-order chi connectivity index (χ1) is 8.09. The van der Waals surface area contributed by atoms with E-state index in [0.29, 0.717) is 21.4 Å². The highest BCUT2D eigenvalue weighted by Crippen LogP contribution is 2.23. The summed E-state index contributed by atoms with van der Waals surface area (Å²) in [6.07, 6.45) is 1.56. The van der Waals surface area contributed by atoms with Crippen LogP contribution in [0.15, 0.2) is 41.1 Å². The molecule has 0 saturated heterocycles. The van der Waals surface area contributed by atoms with Crippen LogP contribution in [0.25, 0.3) is 0 Å². The molecule has 0 saturated carbocycles. The fourth-order valence-corrected chi connectivity index (χ4v) is 1.92. The summed E-state index contributed by atoms with van der Waals surface area (Å²) in [5.41, 5.74) is 8.35. The third kappa shape index (κ3) is 2.36. The van der Waals surface area contributed by atoms with Crippen molar-refractivity contribution in [1.82, 2.24) is 4.98 Å². The number of rotatable bonds is 2. The van der Waals surface area contributed by atoms with E-state index in [0.717, 1.165) is 5.56 Å². The Hall–Kier alpha value is -1.68. The van der Waals surface area contributed by atoms with Gasteiger partial charge in [-0.1, -0.05) is 23.8 Å². The fourth-order valence-electron chi connectivity index (χ4n) is 1.59. The summed E-state index contributed by atoms with van der Waals surface area (Å²) in [7, 11) is 0. The van der Waals surface area contributed by atoms with E-state index in [-0.39, 0.29) is 5.78 Å². The van der Waals surface area contributed by atoms with Crippen LogP contribution in [-0.4, -0.2) is 10.8 Å². The summed E-state index contributed by atoms with van der Waals surface area (Å²) in [6.45, 7) is 1.95. The number of ketones is 1. The first-order valence-electron chi connectivity index (χ1n) is 5.11. The van der Waals surface area contributed by atoms with Crippen LogP contribution in [-0.2, 0) is 0 Å². The van der Waals surface area contributed by atoms with Crippen molar-refractivity contribution >= 4 is 27.4 Å². The number of carbonyl (C=O) groups excluding carboxylic acids is 1. The minimum atomic E-state index is -0.0886. The zero-order valence-corrected chi connectivity index (χ0v) is 10.9. The Labute approximate surface area is 108 Å². The molecule has 17 heavy (non-hydrogen) atoms. The zero-order chi connectivity index (χ0) is 12.4. The van der Waals surface area contributed by atoms with Gasteiger partial charge >= 0.3 is 0 Å². The average Bonchev–Trinajstić information content (AvgIpc) is 2.32. The molecule has 0 radical (unpaired) electrons. The molecule has 3 nitrogen and oxygen atoms in total. The van der Waals surface area contributed by atoms with Gasteiger partial charge in [-0.05, 0) is 35.0 Å². The lowest BCUT2D eigenvalue weighted by atomic mass is 10.0. The van der Waals surface area contributed by atoms with Gasteiger partial charge < -0.3 is 5.73 Å². The minimum Gasteiger partial charge on any atom is -0.396 e. The number of carbonyl (C=O) groups is 1. The van der Waals surface area contributed by atoms with Crippen molar-refractivity contribution in [2.45, 2.75) is 6.92 Å². The molecule has 0 spiro atoms. The number of hydrogen-bond acceptors (Lipinski definition) is 3. The normalized spacial score (nSPS) is 10.2. The number of pyridine rings is 1. The summed E-state index contributed by atoms with van der Waals surface area (Å²) >= 11 is 3.21. The van der Waals surface area contributed by atoms with Crippen molar-refractivity contribution in [2.24, 2.45) is 0 Å². The lowest BCUT2D eigenvalue weighted by Crippen LogP contribution is -2.06. The molecule has 0 aliphatic carbocycles. The quantitative estimate of drug-likeness (QED) is 0.683. The summed E-state index contributed by atoms with van der Waals surface area (Å²) < 4.78 is 0.496.